The molecule has 0 aliphatic rings. The Kier molecular flexibility index (Phi) is 6.53. The third-order valence-electron chi connectivity index (χ3n) is 3.60. The van der Waals surface area contributed by atoms with Crippen molar-refractivity contribution >= 4 is 35.6 Å². The third kappa shape index (κ3) is 4.44. The normalized spacial score (nSPS) is 11.2. The largest absolute Gasteiger partial charge is 0.352 e. The van der Waals surface area contributed by atoms with E-state index in [4.69, 9.17) is 0 Å². The molecule has 0 spiro atoms. The quantitative estimate of drug-likeness (QED) is 0.375. The first-order valence-corrected chi connectivity index (χ1v) is 7.55. The second kappa shape index (κ2) is 8.62. The van der Waals surface area contributed by atoms with Crippen LogP contribution in [0.3, 0.4) is 0 Å². The molecule has 3 rings (SSSR count). The SMILES string of the molecule is CN=C(NCc1ccc(C)cc1)NCc1nnc2ccccn12.I. The highest BCUT2D eigenvalue weighted by Gasteiger charge is 2.05. The summed E-state index contributed by atoms with van der Waals surface area (Å²) in [7, 11) is 1.76. The van der Waals surface area contributed by atoms with Crippen LogP contribution in [0.2, 0.25) is 0 Å². The van der Waals surface area contributed by atoms with Crippen molar-refractivity contribution < 1.29 is 0 Å². The van der Waals surface area contributed by atoms with E-state index in [1.165, 1.54) is 11.1 Å². The van der Waals surface area contributed by atoms with Crippen molar-refractivity contribution in [2.75, 3.05) is 7.05 Å². The summed E-state index contributed by atoms with van der Waals surface area (Å²) in [5.41, 5.74) is 3.31. The number of aryl methyl sites for hydroxylation is 1. The molecular formula is C17H21IN6. The maximum Gasteiger partial charge on any atom is 0.191 e. The van der Waals surface area contributed by atoms with E-state index in [0.717, 1.165) is 24.0 Å². The van der Waals surface area contributed by atoms with E-state index < -0.39 is 0 Å². The van der Waals surface area contributed by atoms with E-state index in [1.807, 2.05) is 28.8 Å². The van der Waals surface area contributed by atoms with Gasteiger partial charge in [0.25, 0.3) is 0 Å². The smallest absolute Gasteiger partial charge is 0.191 e. The monoisotopic (exact) mass is 436 g/mol. The van der Waals surface area contributed by atoms with Gasteiger partial charge in [-0.05, 0) is 24.6 Å². The summed E-state index contributed by atoms with van der Waals surface area (Å²) in [6.45, 7) is 3.36. The van der Waals surface area contributed by atoms with Crippen molar-refractivity contribution in [3.05, 3.63) is 65.6 Å². The van der Waals surface area contributed by atoms with Gasteiger partial charge in [-0.1, -0.05) is 35.9 Å². The average Bonchev–Trinajstić information content (AvgIpc) is 3.00. The molecule has 24 heavy (non-hydrogen) atoms. The number of hydrogen-bond donors (Lipinski definition) is 2. The molecule has 0 amide bonds. The second-order valence-electron chi connectivity index (χ2n) is 5.31. The van der Waals surface area contributed by atoms with E-state index >= 15 is 0 Å². The fourth-order valence-corrected chi connectivity index (χ4v) is 2.29. The van der Waals surface area contributed by atoms with Gasteiger partial charge in [-0.3, -0.25) is 9.39 Å². The highest BCUT2D eigenvalue weighted by atomic mass is 127. The molecule has 0 saturated heterocycles. The number of nitrogens with one attached hydrogen (secondary N) is 2. The zero-order chi connectivity index (χ0) is 16.1. The lowest BCUT2D eigenvalue weighted by molar-refractivity contribution is 0.762. The van der Waals surface area contributed by atoms with Crippen LogP contribution in [0.4, 0.5) is 0 Å². The van der Waals surface area contributed by atoms with E-state index in [-0.39, 0.29) is 24.0 Å². The molecule has 2 N–H and O–H groups in total. The van der Waals surface area contributed by atoms with Crippen molar-refractivity contribution in [1.82, 2.24) is 25.2 Å². The Morgan fingerprint density at radius 1 is 1.04 bits per heavy atom. The summed E-state index contributed by atoms with van der Waals surface area (Å²) in [5, 5.41) is 14.9. The van der Waals surface area contributed by atoms with Gasteiger partial charge >= 0.3 is 0 Å². The molecule has 0 unspecified atom stereocenters. The third-order valence-corrected chi connectivity index (χ3v) is 3.60. The number of guanidine groups is 1. The predicted molar refractivity (Wildman–Crippen MR) is 107 cm³/mol. The molecule has 0 bridgehead atoms. The molecule has 126 valence electrons. The van der Waals surface area contributed by atoms with Gasteiger partial charge in [-0.2, -0.15) is 0 Å². The molecule has 1 aromatic carbocycles. The number of nitrogens with zero attached hydrogens (tertiary/aromatic N) is 4. The van der Waals surface area contributed by atoms with Gasteiger partial charge in [-0.15, -0.1) is 34.2 Å². The van der Waals surface area contributed by atoms with E-state index in [2.05, 4.69) is 57.0 Å². The fraction of sp³-hybridized carbons (Fsp3) is 0.235. The standard InChI is InChI=1S/C17H20N6.HI/c1-13-6-8-14(9-7-13)11-19-17(18-2)20-12-16-22-21-15-5-3-4-10-23(15)16;/h3-10H,11-12H2,1-2H3,(H2,18,19,20);1H. The fourth-order valence-electron chi connectivity index (χ4n) is 2.29. The Morgan fingerprint density at radius 3 is 2.54 bits per heavy atom. The molecule has 0 aliphatic carbocycles. The molecule has 6 nitrogen and oxygen atoms in total. The number of benzene rings is 1. The molecule has 3 aromatic rings. The minimum Gasteiger partial charge on any atom is -0.352 e. The molecule has 0 saturated carbocycles. The van der Waals surface area contributed by atoms with Crippen molar-refractivity contribution in [3.63, 3.8) is 0 Å². The lowest BCUT2D eigenvalue weighted by atomic mass is 10.1. The van der Waals surface area contributed by atoms with Crippen molar-refractivity contribution in [3.8, 4) is 0 Å². The number of rotatable bonds is 4. The minimum atomic E-state index is 0. The van der Waals surface area contributed by atoms with E-state index in [0.29, 0.717) is 6.54 Å². The van der Waals surface area contributed by atoms with E-state index in [1.54, 1.807) is 7.05 Å². The lowest BCUT2D eigenvalue weighted by Gasteiger charge is -2.11. The minimum absolute atomic E-state index is 0. The first-order valence-electron chi connectivity index (χ1n) is 7.55. The number of fused-ring (bicyclic) bond motifs is 1. The van der Waals surface area contributed by atoms with Crippen LogP contribution in [0, 0.1) is 6.92 Å². The van der Waals surface area contributed by atoms with E-state index in [9.17, 15) is 0 Å². The maximum absolute atomic E-state index is 4.24. The topological polar surface area (TPSA) is 66.6 Å². The second-order valence-corrected chi connectivity index (χ2v) is 5.31. The van der Waals surface area contributed by atoms with Gasteiger partial charge < -0.3 is 10.6 Å². The molecule has 0 fully saturated rings. The molecule has 0 atom stereocenters. The first kappa shape index (κ1) is 18.2. The van der Waals surface area contributed by atoms with Gasteiger partial charge in [0.2, 0.25) is 0 Å². The Hall–Kier alpha value is -2.16. The number of pyridine rings is 1. The van der Waals surface area contributed by atoms with Crippen LogP contribution in [0.15, 0.2) is 53.7 Å². The molecule has 0 aliphatic heterocycles. The molecule has 2 aromatic heterocycles. The van der Waals surface area contributed by atoms with Gasteiger partial charge in [-0.25, -0.2) is 0 Å². The van der Waals surface area contributed by atoms with Crippen molar-refractivity contribution in [2.45, 2.75) is 20.0 Å². The van der Waals surface area contributed by atoms with Crippen LogP contribution in [0.1, 0.15) is 17.0 Å². The van der Waals surface area contributed by atoms with Crippen LogP contribution in [0.5, 0.6) is 0 Å². The number of aromatic nitrogens is 3. The van der Waals surface area contributed by atoms with Gasteiger partial charge in [0.05, 0.1) is 6.54 Å². The summed E-state index contributed by atoms with van der Waals surface area (Å²) in [5.74, 6) is 1.58. The number of aliphatic imine (C=N–C) groups is 1. The van der Waals surface area contributed by atoms with Gasteiger partial charge in [0.15, 0.2) is 17.4 Å². The molecule has 0 radical (unpaired) electrons. The highest BCUT2D eigenvalue weighted by molar-refractivity contribution is 14.0. The summed E-state index contributed by atoms with van der Waals surface area (Å²) < 4.78 is 1.96. The summed E-state index contributed by atoms with van der Waals surface area (Å²) in [6, 6.07) is 14.3. The molecule has 7 heteroatoms. The van der Waals surface area contributed by atoms with Crippen LogP contribution < -0.4 is 10.6 Å². The summed E-state index contributed by atoms with van der Waals surface area (Å²) >= 11 is 0. The Labute approximate surface area is 158 Å². The maximum atomic E-state index is 4.24. The number of hydrogen-bond acceptors (Lipinski definition) is 3. The molecular weight excluding hydrogens is 415 g/mol. The Morgan fingerprint density at radius 2 is 1.79 bits per heavy atom. The van der Waals surface area contributed by atoms with Crippen LogP contribution in [-0.4, -0.2) is 27.6 Å². The summed E-state index contributed by atoms with van der Waals surface area (Å²) in [6.07, 6.45) is 1.95. The van der Waals surface area contributed by atoms with Crippen LogP contribution in [0.25, 0.3) is 5.65 Å². The molecule has 2 heterocycles. The predicted octanol–water partition coefficient (Wildman–Crippen LogP) is 2.52. The highest BCUT2D eigenvalue weighted by Crippen LogP contribution is 2.03. The van der Waals surface area contributed by atoms with Gasteiger partial charge in [0, 0.05) is 19.8 Å². The zero-order valence-electron chi connectivity index (χ0n) is 13.7. The Bertz CT molecular complexity index is 809. The van der Waals surface area contributed by atoms with Crippen LogP contribution in [-0.2, 0) is 13.1 Å². The van der Waals surface area contributed by atoms with Crippen molar-refractivity contribution in [1.29, 1.82) is 0 Å². The van der Waals surface area contributed by atoms with Gasteiger partial charge in [0.1, 0.15) is 0 Å². The average molecular weight is 436 g/mol. The van der Waals surface area contributed by atoms with Crippen LogP contribution >= 0.6 is 24.0 Å². The number of halogens is 1. The first-order chi connectivity index (χ1) is 11.3. The zero-order valence-corrected chi connectivity index (χ0v) is 16.1. The lowest BCUT2D eigenvalue weighted by Crippen LogP contribution is -2.36. The van der Waals surface area contributed by atoms with Crippen molar-refractivity contribution in [2.24, 2.45) is 4.99 Å². The Balaban J connectivity index is 0.00000208. The summed E-state index contributed by atoms with van der Waals surface area (Å²) in [4.78, 5) is 4.24.